The number of nitrogens with two attached hydrogens (primary N) is 1. The van der Waals surface area contributed by atoms with Crippen molar-refractivity contribution in [3.05, 3.63) is 40.3 Å². The quantitative estimate of drug-likeness (QED) is 0.566. The van der Waals surface area contributed by atoms with Crippen LogP contribution in [0.3, 0.4) is 0 Å². The fourth-order valence-corrected chi connectivity index (χ4v) is 1.89. The van der Waals surface area contributed by atoms with Crippen LogP contribution in [0.15, 0.2) is 29.1 Å². The fourth-order valence-electron chi connectivity index (χ4n) is 1.34. The largest absolute Gasteiger partial charge is 0.505 e. The summed E-state index contributed by atoms with van der Waals surface area (Å²) in [5.74, 6) is -0.564. The Morgan fingerprint density at radius 1 is 1.53 bits per heavy atom. The summed E-state index contributed by atoms with van der Waals surface area (Å²) in [5, 5.41) is 14.1. The molecule has 17 heavy (non-hydrogen) atoms. The van der Waals surface area contributed by atoms with E-state index in [2.05, 4.69) is 10.3 Å². The zero-order chi connectivity index (χ0) is 12.3. The van der Waals surface area contributed by atoms with Crippen LogP contribution in [0.1, 0.15) is 16.1 Å². The standard InChI is InChI=1S/C11H11N3O2S/c12-9-3-1-2-8(10(9)15)11(16)13-4-7-5-17-6-14-7/h1-3,5-6,15H,4,12H2,(H,13,16). The lowest BCUT2D eigenvalue weighted by Gasteiger charge is -2.06. The van der Waals surface area contributed by atoms with Crippen molar-refractivity contribution in [3.63, 3.8) is 0 Å². The molecule has 0 saturated carbocycles. The molecule has 0 radical (unpaired) electrons. The number of anilines is 1. The van der Waals surface area contributed by atoms with Gasteiger partial charge in [0.05, 0.1) is 29.0 Å². The number of carbonyl (C=O) groups is 1. The molecule has 2 rings (SSSR count). The summed E-state index contributed by atoms with van der Waals surface area (Å²) in [7, 11) is 0. The van der Waals surface area contributed by atoms with Gasteiger partial charge in [-0.05, 0) is 12.1 Å². The summed E-state index contributed by atoms with van der Waals surface area (Å²) >= 11 is 1.46. The van der Waals surface area contributed by atoms with Gasteiger partial charge in [-0.15, -0.1) is 11.3 Å². The lowest BCUT2D eigenvalue weighted by atomic mass is 10.1. The monoisotopic (exact) mass is 249 g/mol. The van der Waals surface area contributed by atoms with Gasteiger partial charge in [-0.2, -0.15) is 0 Å². The highest BCUT2D eigenvalue weighted by atomic mass is 32.1. The van der Waals surface area contributed by atoms with Crippen LogP contribution in [-0.4, -0.2) is 16.0 Å². The molecule has 0 aliphatic rings. The Morgan fingerprint density at radius 3 is 3.06 bits per heavy atom. The van der Waals surface area contributed by atoms with Gasteiger partial charge < -0.3 is 16.2 Å². The number of phenols is 1. The van der Waals surface area contributed by atoms with Gasteiger partial charge in [0.2, 0.25) is 0 Å². The molecule has 0 aliphatic heterocycles. The Hall–Kier alpha value is -2.08. The second-order valence-electron chi connectivity index (χ2n) is 3.41. The highest BCUT2D eigenvalue weighted by Gasteiger charge is 2.12. The van der Waals surface area contributed by atoms with E-state index in [0.29, 0.717) is 6.54 Å². The van der Waals surface area contributed by atoms with Crippen molar-refractivity contribution in [1.82, 2.24) is 10.3 Å². The zero-order valence-electron chi connectivity index (χ0n) is 8.88. The van der Waals surface area contributed by atoms with Crippen LogP contribution >= 0.6 is 11.3 Å². The fraction of sp³-hybridized carbons (Fsp3) is 0.0909. The molecule has 5 nitrogen and oxygen atoms in total. The van der Waals surface area contributed by atoms with E-state index in [1.165, 1.54) is 23.5 Å². The molecule has 4 N–H and O–H groups in total. The first-order chi connectivity index (χ1) is 8.18. The highest BCUT2D eigenvalue weighted by Crippen LogP contribution is 2.24. The van der Waals surface area contributed by atoms with Crippen molar-refractivity contribution in [2.75, 3.05) is 5.73 Å². The second kappa shape index (κ2) is 4.84. The van der Waals surface area contributed by atoms with Crippen LogP contribution < -0.4 is 11.1 Å². The molecule has 0 aliphatic carbocycles. The molecule has 0 saturated heterocycles. The second-order valence-corrected chi connectivity index (χ2v) is 4.12. The smallest absolute Gasteiger partial charge is 0.255 e. The number of hydrogen-bond donors (Lipinski definition) is 3. The number of nitrogens with zero attached hydrogens (tertiary/aromatic N) is 1. The number of aromatic nitrogens is 1. The number of amides is 1. The lowest BCUT2D eigenvalue weighted by molar-refractivity contribution is 0.0948. The molecule has 0 bridgehead atoms. The Labute approximate surface area is 102 Å². The van der Waals surface area contributed by atoms with Gasteiger partial charge >= 0.3 is 0 Å². The van der Waals surface area contributed by atoms with Crippen LogP contribution in [0.2, 0.25) is 0 Å². The molecule has 6 heteroatoms. The Balaban J connectivity index is 2.07. The van der Waals surface area contributed by atoms with Gasteiger partial charge in [0.25, 0.3) is 5.91 Å². The molecule has 0 unspecified atom stereocenters. The van der Waals surface area contributed by atoms with Gasteiger partial charge in [-0.25, -0.2) is 4.98 Å². The van der Waals surface area contributed by atoms with Crippen LogP contribution in [-0.2, 0) is 6.54 Å². The molecule has 1 amide bonds. The first-order valence-electron chi connectivity index (χ1n) is 4.91. The van der Waals surface area contributed by atoms with Gasteiger partial charge in [0.15, 0.2) is 5.75 Å². The minimum atomic E-state index is -0.372. The summed E-state index contributed by atoms with van der Waals surface area (Å²) in [6.45, 7) is 0.330. The van der Waals surface area contributed by atoms with Crippen molar-refractivity contribution in [3.8, 4) is 5.75 Å². The van der Waals surface area contributed by atoms with Gasteiger partial charge in [-0.1, -0.05) is 6.07 Å². The number of carbonyl (C=O) groups excluding carboxylic acids is 1. The van der Waals surface area contributed by atoms with Crippen LogP contribution in [0.4, 0.5) is 5.69 Å². The molecule has 1 aromatic carbocycles. The van der Waals surface area contributed by atoms with Crippen molar-refractivity contribution in [2.45, 2.75) is 6.54 Å². The van der Waals surface area contributed by atoms with E-state index >= 15 is 0 Å². The van der Waals surface area contributed by atoms with E-state index in [9.17, 15) is 9.90 Å². The predicted octanol–water partition coefficient (Wildman–Crippen LogP) is 1.36. The number of nitrogens with one attached hydrogen (secondary N) is 1. The summed E-state index contributed by atoms with van der Waals surface area (Å²) in [4.78, 5) is 15.8. The van der Waals surface area contributed by atoms with E-state index in [1.54, 1.807) is 11.6 Å². The molecular weight excluding hydrogens is 238 g/mol. The average molecular weight is 249 g/mol. The Morgan fingerprint density at radius 2 is 2.35 bits per heavy atom. The maximum absolute atomic E-state index is 11.8. The number of thiazole rings is 1. The number of benzene rings is 1. The van der Waals surface area contributed by atoms with Gasteiger partial charge in [0.1, 0.15) is 0 Å². The third-order valence-corrected chi connectivity index (χ3v) is 2.86. The van der Waals surface area contributed by atoms with E-state index in [1.807, 2.05) is 5.38 Å². The minimum absolute atomic E-state index is 0.167. The molecular formula is C11H11N3O2S. The maximum atomic E-state index is 11.8. The SMILES string of the molecule is Nc1cccc(C(=O)NCc2cscn2)c1O. The number of rotatable bonds is 3. The first kappa shape index (κ1) is 11.4. The molecule has 1 aromatic heterocycles. The van der Waals surface area contributed by atoms with Crippen molar-refractivity contribution < 1.29 is 9.90 Å². The topological polar surface area (TPSA) is 88.2 Å². The van der Waals surface area contributed by atoms with Gasteiger partial charge in [0, 0.05) is 5.38 Å². The minimum Gasteiger partial charge on any atom is -0.505 e. The van der Waals surface area contributed by atoms with E-state index < -0.39 is 0 Å². The first-order valence-corrected chi connectivity index (χ1v) is 5.85. The van der Waals surface area contributed by atoms with E-state index in [0.717, 1.165) is 5.69 Å². The summed E-state index contributed by atoms with van der Waals surface area (Å²) < 4.78 is 0. The summed E-state index contributed by atoms with van der Waals surface area (Å²) in [6.07, 6.45) is 0. The zero-order valence-corrected chi connectivity index (χ0v) is 9.70. The molecule has 0 spiro atoms. The number of aromatic hydroxyl groups is 1. The van der Waals surface area contributed by atoms with Crippen LogP contribution in [0.25, 0.3) is 0 Å². The van der Waals surface area contributed by atoms with Crippen LogP contribution in [0.5, 0.6) is 5.75 Å². The molecule has 2 aromatic rings. The van der Waals surface area contributed by atoms with Crippen LogP contribution in [0, 0.1) is 0 Å². The lowest BCUT2D eigenvalue weighted by Crippen LogP contribution is -2.23. The van der Waals surface area contributed by atoms with E-state index in [4.69, 9.17) is 5.73 Å². The predicted molar refractivity (Wildman–Crippen MR) is 65.8 cm³/mol. The molecule has 0 fully saturated rings. The van der Waals surface area contributed by atoms with Crippen molar-refractivity contribution in [1.29, 1.82) is 0 Å². The molecule has 1 heterocycles. The van der Waals surface area contributed by atoms with Gasteiger partial charge in [-0.3, -0.25) is 4.79 Å². The van der Waals surface area contributed by atoms with E-state index in [-0.39, 0.29) is 22.9 Å². The number of phenolic OH excluding ortho intramolecular Hbond substituents is 1. The third kappa shape index (κ3) is 2.54. The molecule has 88 valence electrons. The normalized spacial score (nSPS) is 10.1. The summed E-state index contributed by atoms with van der Waals surface area (Å²) in [5.41, 5.74) is 8.34. The average Bonchev–Trinajstić information content (AvgIpc) is 2.82. The summed E-state index contributed by atoms with van der Waals surface area (Å²) in [6, 6.07) is 4.67. The number of para-hydroxylation sites is 1. The number of nitrogen functional groups attached to an aromatic ring is 1. The number of hydrogen-bond acceptors (Lipinski definition) is 5. The highest BCUT2D eigenvalue weighted by molar-refractivity contribution is 7.07. The van der Waals surface area contributed by atoms with Crippen molar-refractivity contribution >= 4 is 22.9 Å². The maximum Gasteiger partial charge on any atom is 0.255 e. The molecule has 0 atom stereocenters. The Bertz CT molecular complexity index is 526. The van der Waals surface area contributed by atoms with Crippen molar-refractivity contribution in [2.24, 2.45) is 0 Å². The third-order valence-electron chi connectivity index (χ3n) is 2.23. The Kier molecular flexibility index (Phi) is 3.24.